The van der Waals surface area contributed by atoms with E-state index < -0.39 is 35.2 Å². The third kappa shape index (κ3) is 5.66. The predicted octanol–water partition coefficient (Wildman–Crippen LogP) is 0.261. The molecule has 0 aliphatic rings. The zero-order chi connectivity index (χ0) is 17.9. The first-order chi connectivity index (χ1) is 9.67. The summed E-state index contributed by atoms with van der Waals surface area (Å²) in [5.74, 6) is 7.46. The van der Waals surface area contributed by atoms with Crippen molar-refractivity contribution in [3.8, 4) is 0 Å². The topological polar surface area (TPSA) is 145 Å². The van der Waals surface area contributed by atoms with Crippen LogP contribution in [0.2, 0.25) is 0 Å². The summed E-state index contributed by atoms with van der Waals surface area (Å²) in [5.41, 5.74) is -1.67. The highest BCUT2D eigenvalue weighted by Crippen LogP contribution is 2.11. The Hall–Kier alpha value is -2.20. The second-order valence-corrected chi connectivity index (χ2v) is 6.39. The van der Waals surface area contributed by atoms with Crippen LogP contribution in [-0.4, -0.2) is 45.2 Å². The predicted molar refractivity (Wildman–Crippen MR) is 74.5 cm³/mol. The highest BCUT2D eigenvalue weighted by Gasteiger charge is 2.33. The van der Waals surface area contributed by atoms with Gasteiger partial charge in [0.05, 0.1) is 11.1 Å². The number of nitrogens with zero attached hydrogens (tertiary/aromatic N) is 2. The van der Waals surface area contributed by atoms with E-state index in [4.69, 9.17) is 11.7 Å². The van der Waals surface area contributed by atoms with E-state index in [2.05, 4.69) is 9.47 Å². The summed E-state index contributed by atoms with van der Waals surface area (Å²) in [7, 11) is 0. The molecule has 0 aromatic carbocycles. The Bertz CT molecular complexity index is 433. The van der Waals surface area contributed by atoms with Crippen molar-refractivity contribution >= 4 is 24.1 Å². The minimum Gasteiger partial charge on any atom is -0.366 e. The quantitative estimate of drug-likeness (QED) is 0.161. The average molecular weight is 318 g/mol. The van der Waals surface area contributed by atoms with Gasteiger partial charge in [-0.3, -0.25) is 0 Å². The Kier molecular flexibility index (Phi) is 6.04. The molecular formula is C12H22N4O6. The molecule has 10 heteroatoms. The van der Waals surface area contributed by atoms with Crippen LogP contribution in [0.4, 0.5) is 9.59 Å². The molecule has 126 valence electrons. The minimum absolute atomic E-state index is 0.615. The van der Waals surface area contributed by atoms with Crippen molar-refractivity contribution in [3.63, 3.8) is 0 Å². The van der Waals surface area contributed by atoms with E-state index in [1.54, 1.807) is 41.5 Å². The van der Waals surface area contributed by atoms with Crippen LogP contribution in [0.15, 0.2) is 0 Å². The zero-order valence-electron chi connectivity index (χ0n) is 13.5. The van der Waals surface area contributed by atoms with E-state index in [1.807, 2.05) is 0 Å². The first-order valence-corrected chi connectivity index (χ1v) is 6.29. The second kappa shape index (κ2) is 6.71. The molecule has 0 aromatic heterocycles. The van der Waals surface area contributed by atoms with Crippen LogP contribution in [0.25, 0.3) is 0 Å². The van der Waals surface area contributed by atoms with Crippen molar-refractivity contribution in [3.05, 3.63) is 0 Å². The van der Waals surface area contributed by atoms with E-state index in [1.165, 1.54) is 0 Å². The first-order valence-electron chi connectivity index (χ1n) is 6.29. The van der Waals surface area contributed by atoms with Crippen LogP contribution < -0.4 is 11.7 Å². The summed E-state index contributed by atoms with van der Waals surface area (Å²) < 4.78 is 8.41. The van der Waals surface area contributed by atoms with Crippen molar-refractivity contribution in [1.29, 1.82) is 0 Å². The molecule has 2 amide bonds. The van der Waals surface area contributed by atoms with Crippen LogP contribution in [0, 0.1) is 0 Å². The Morgan fingerprint density at radius 1 is 0.682 bits per heavy atom. The van der Waals surface area contributed by atoms with E-state index >= 15 is 0 Å². The lowest BCUT2D eigenvalue weighted by Crippen LogP contribution is -2.52. The molecule has 0 spiro atoms. The molecule has 0 atom stereocenters. The number of rotatable bonds is 0. The maximum atomic E-state index is 11.5. The summed E-state index contributed by atoms with van der Waals surface area (Å²) in [5, 5.41) is 1.23. The van der Waals surface area contributed by atoms with Gasteiger partial charge in [0.15, 0.2) is 0 Å². The van der Waals surface area contributed by atoms with Crippen LogP contribution in [0.1, 0.15) is 41.5 Å². The van der Waals surface area contributed by atoms with Crippen molar-refractivity contribution in [2.24, 2.45) is 11.7 Å². The second-order valence-electron chi connectivity index (χ2n) is 6.39. The molecular weight excluding hydrogens is 296 g/mol. The molecule has 0 radical (unpaired) electrons. The van der Waals surface area contributed by atoms with E-state index in [0.717, 1.165) is 0 Å². The third-order valence-electron chi connectivity index (χ3n) is 2.37. The van der Waals surface area contributed by atoms with Crippen molar-refractivity contribution < 1.29 is 28.7 Å². The highest BCUT2D eigenvalue weighted by molar-refractivity contribution is 6.33. The minimum atomic E-state index is -1.68. The first kappa shape index (κ1) is 19.8. The number of hydrazine groups is 2. The molecule has 0 aliphatic carbocycles. The number of hydrogen-bond donors (Lipinski definition) is 2. The van der Waals surface area contributed by atoms with Gasteiger partial charge in [0.2, 0.25) is 0 Å². The van der Waals surface area contributed by atoms with Crippen LogP contribution in [0.3, 0.4) is 0 Å². The van der Waals surface area contributed by atoms with Gasteiger partial charge in [0.1, 0.15) is 0 Å². The van der Waals surface area contributed by atoms with Gasteiger partial charge in [-0.1, -0.05) is 0 Å². The van der Waals surface area contributed by atoms with Crippen LogP contribution in [0.5, 0.6) is 0 Å². The Balaban J connectivity index is 4.68. The van der Waals surface area contributed by atoms with Gasteiger partial charge in [0.25, 0.3) is 0 Å². The lowest BCUT2D eigenvalue weighted by molar-refractivity contribution is -0.161. The smallest absolute Gasteiger partial charge is 0.366 e. The van der Waals surface area contributed by atoms with Gasteiger partial charge < -0.3 is 9.47 Å². The highest BCUT2D eigenvalue weighted by atomic mass is 16.7. The van der Waals surface area contributed by atoms with E-state index in [-0.39, 0.29) is 0 Å². The maximum Gasteiger partial charge on any atom is 0.432 e. The molecule has 0 saturated carbocycles. The SMILES string of the molecule is CC(C)(C)N(N)C(=O)OC(=O)C(=O)OC(=O)N(N)C(C)(C)C. The molecule has 0 bridgehead atoms. The molecule has 0 aromatic rings. The fourth-order valence-electron chi connectivity index (χ4n) is 0.888. The summed E-state index contributed by atoms with van der Waals surface area (Å²) in [6.45, 7) is 9.48. The largest absolute Gasteiger partial charge is 0.432 e. The van der Waals surface area contributed by atoms with Gasteiger partial charge in [-0.2, -0.15) is 0 Å². The molecule has 0 aliphatic heterocycles. The number of carbonyl (C=O) groups excluding carboxylic acids is 4. The summed E-state index contributed by atoms with van der Waals surface area (Å²) in [6.07, 6.45) is -2.52. The standard InChI is InChI=1S/C12H22N4O6/c1-11(2,3)15(13)9(19)21-7(17)8(18)22-10(20)16(14)12(4,5)6/h13-14H2,1-6H3. The number of esters is 2. The summed E-state index contributed by atoms with van der Waals surface area (Å²) >= 11 is 0. The molecule has 4 N–H and O–H groups in total. The average Bonchev–Trinajstić information content (AvgIpc) is 2.34. The van der Waals surface area contributed by atoms with E-state index in [0.29, 0.717) is 10.0 Å². The molecule has 0 heterocycles. The number of carbonyl (C=O) groups is 4. The fraction of sp³-hybridized carbons (Fsp3) is 0.667. The zero-order valence-corrected chi connectivity index (χ0v) is 13.5. The number of hydrogen-bond acceptors (Lipinski definition) is 8. The summed E-state index contributed by atoms with van der Waals surface area (Å²) in [4.78, 5) is 45.8. The van der Waals surface area contributed by atoms with Crippen molar-refractivity contribution in [2.75, 3.05) is 0 Å². The molecule has 0 unspecified atom stereocenters. The van der Waals surface area contributed by atoms with Gasteiger partial charge in [-0.25, -0.2) is 40.9 Å². The van der Waals surface area contributed by atoms with Gasteiger partial charge in [-0.15, -0.1) is 0 Å². The lowest BCUT2D eigenvalue weighted by atomic mass is 10.1. The molecule has 22 heavy (non-hydrogen) atoms. The molecule has 0 fully saturated rings. The van der Waals surface area contributed by atoms with Gasteiger partial charge in [0, 0.05) is 0 Å². The number of amides is 2. The molecule has 0 saturated heterocycles. The Labute approximate surface area is 128 Å². The molecule has 0 rings (SSSR count). The maximum absolute atomic E-state index is 11.5. The normalized spacial score (nSPS) is 11.5. The van der Waals surface area contributed by atoms with E-state index in [9.17, 15) is 19.2 Å². The summed E-state index contributed by atoms with van der Waals surface area (Å²) in [6, 6.07) is 0. The molecule has 10 nitrogen and oxygen atoms in total. The van der Waals surface area contributed by atoms with Crippen molar-refractivity contribution in [2.45, 2.75) is 52.6 Å². The fourth-order valence-corrected chi connectivity index (χ4v) is 0.888. The van der Waals surface area contributed by atoms with Crippen LogP contribution >= 0.6 is 0 Å². The monoisotopic (exact) mass is 318 g/mol. The third-order valence-corrected chi connectivity index (χ3v) is 2.37. The van der Waals surface area contributed by atoms with Crippen LogP contribution in [-0.2, 0) is 19.1 Å². The number of nitrogens with two attached hydrogens (primary N) is 2. The Morgan fingerprint density at radius 2 is 0.909 bits per heavy atom. The lowest BCUT2D eigenvalue weighted by Gasteiger charge is -2.30. The number of ether oxygens (including phenoxy) is 2. The van der Waals surface area contributed by atoms with Gasteiger partial charge in [-0.05, 0) is 41.5 Å². The van der Waals surface area contributed by atoms with Gasteiger partial charge >= 0.3 is 24.1 Å². The van der Waals surface area contributed by atoms with Crippen molar-refractivity contribution in [1.82, 2.24) is 10.0 Å². The Morgan fingerprint density at radius 3 is 1.09 bits per heavy atom.